The molecule has 20 heavy (non-hydrogen) atoms. The minimum absolute atomic E-state index is 0.0844. The number of nitrogens with zero attached hydrogens (tertiary/aromatic N) is 1. The molecule has 0 aliphatic carbocycles. The summed E-state index contributed by atoms with van der Waals surface area (Å²) in [4.78, 5) is 10.8. The maximum atomic E-state index is 11.2. The topological polar surface area (TPSA) is 55.2 Å². The summed E-state index contributed by atoms with van der Waals surface area (Å²) in [5, 5.41) is 15.0. The Balaban J connectivity index is 2.32. The van der Waals surface area contributed by atoms with Gasteiger partial charge in [-0.05, 0) is 17.7 Å². The van der Waals surface area contributed by atoms with E-state index in [0.717, 1.165) is 16.8 Å². The van der Waals surface area contributed by atoms with Crippen LogP contribution in [0.2, 0.25) is 5.02 Å². The van der Waals surface area contributed by atoms with E-state index in [0.29, 0.717) is 10.7 Å². The highest BCUT2D eigenvalue weighted by Crippen LogP contribution is 2.50. The van der Waals surface area contributed by atoms with Crippen molar-refractivity contribution in [2.24, 2.45) is 0 Å². The number of nitro benzene ring substituents is 1. The quantitative estimate of drug-likeness (QED) is 0.615. The molecule has 5 heteroatoms. The van der Waals surface area contributed by atoms with Gasteiger partial charge in [0.25, 0.3) is 5.69 Å². The van der Waals surface area contributed by atoms with Crippen LogP contribution in [0.5, 0.6) is 0 Å². The highest BCUT2D eigenvalue weighted by molar-refractivity contribution is 6.32. The molecule has 0 fully saturated rings. The summed E-state index contributed by atoms with van der Waals surface area (Å²) in [6, 6.07) is 10.7. The molecule has 1 N–H and O–H groups in total. The first kappa shape index (κ1) is 12.9. The predicted octanol–water partition coefficient (Wildman–Crippen LogP) is 4.63. The molecule has 0 spiro atoms. The number of halogens is 1. The number of nitro groups is 1. The highest BCUT2D eigenvalue weighted by Gasteiger charge is 2.37. The Morgan fingerprint density at radius 3 is 2.60 bits per heavy atom. The lowest BCUT2D eigenvalue weighted by molar-refractivity contribution is -0.384. The second-order valence-corrected chi connectivity index (χ2v) is 5.78. The van der Waals surface area contributed by atoms with E-state index < -0.39 is 0 Å². The fourth-order valence-corrected chi connectivity index (χ4v) is 3.29. The predicted molar refractivity (Wildman–Crippen MR) is 80.0 cm³/mol. The molecule has 0 radical (unpaired) electrons. The zero-order valence-electron chi connectivity index (χ0n) is 11.1. The minimum atomic E-state index is -0.389. The van der Waals surface area contributed by atoms with Crippen molar-refractivity contribution >= 4 is 28.7 Å². The van der Waals surface area contributed by atoms with Crippen LogP contribution in [0.15, 0.2) is 36.4 Å². The van der Waals surface area contributed by atoms with Gasteiger partial charge in [-0.15, -0.1) is 0 Å². The second kappa shape index (κ2) is 4.21. The van der Waals surface area contributed by atoms with Gasteiger partial charge in [-0.25, -0.2) is 0 Å². The monoisotopic (exact) mass is 288 g/mol. The van der Waals surface area contributed by atoms with E-state index >= 15 is 0 Å². The number of hydrogen-bond donors (Lipinski definition) is 1. The van der Waals surface area contributed by atoms with Crippen molar-refractivity contribution in [3.05, 3.63) is 62.7 Å². The van der Waals surface area contributed by atoms with Gasteiger partial charge in [-0.2, -0.15) is 0 Å². The van der Waals surface area contributed by atoms with Crippen LogP contribution in [0.1, 0.15) is 25.0 Å². The number of anilines is 2. The number of para-hydroxylation sites is 1. The second-order valence-electron chi connectivity index (χ2n) is 5.37. The van der Waals surface area contributed by atoms with Gasteiger partial charge in [0.1, 0.15) is 5.69 Å². The molecule has 0 saturated carbocycles. The lowest BCUT2D eigenvalue weighted by Crippen LogP contribution is -2.26. The van der Waals surface area contributed by atoms with Gasteiger partial charge >= 0.3 is 0 Å². The zero-order valence-corrected chi connectivity index (χ0v) is 11.9. The third-order valence-corrected chi connectivity index (χ3v) is 4.13. The number of rotatable bonds is 1. The van der Waals surface area contributed by atoms with E-state index in [9.17, 15) is 10.1 Å². The van der Waals surface area contributed by atoms with E-state index in [1.807, 2.05) is 38.1 Å². The first-order valence-electron chi connectivity index (χ1n) is 6.27. The Kier molecular flexibility index (Phi) is 2.73. The molecule has 3 rings (SSSR count). The van der Waals surface area contributed by atoms with Crippen molar-refractivity contribution in [1.29, 1.82) is 0 Å². The maximum absolute atomic E-state index is 11.2. The standard InChI is InChI=1S/C15H13ClN2O2/c1-15(2)9-5-3-8-12(18(19)20)14(9)17-11-7-4-6-10(16)13(11)15/h3-8,17H,1-2H3. The lowest BCUT2D eigenvalue weighted by Gasteiger charge is -2.35. The molecule has 0 amide bonds. The van der Waals surface area contributed by atoms with Gasteiger partial charge in [0.15, 0.2) is 0 Å². The molecule has 0 bridgehead atoms. The van der Waals surface area contributed by atoms with Gasteiger partial charge in [-0.3, -0.25) is 10.1 Å². The zero-order chi connectivity index (χ0) is 14.5. The SMILES string of the molecule is CC1(C)c2cccc([N+](=O)[O-])c2Nc2cccc(Cl)c21. The van der Waals surface area contributed by atoms with Crippen molar-refractivity contribution in [3.63, 3.8) is 0 Å². The highest BCUT2D eigenvalue weighted by atomic mass is 35.5. The van der Waals surface area contributed by atoms with Gasteiger partial charge in [0, 0.05) is 27.8 Å². The van der Waals surface area contributed by atoms with Crippen molar-refractivity contribution in [2.75, 3.05) is 5.32 Å². The summed E-state index contributed by atoms with van der Waals surface area (Å²) in [6.07, 6.45) is 0. The largest absolute Gasteiger partial charge is 0.349 e. The average Bonchev–Trinajstić information content (AvgIpc) is 2.37. The molecule has 2 aromatic rings. The summed E-state index contributed by atoms with van der Waals surface area (Å²) in [5.41, 5.74) is 2.92. The smallest absolute Gasteiger partial charge is 0.292 e. The lowest BCUT2D eigenvalue weighted by atomic mass is 9.74. The summed E-state index contributed by atoms with van der Waals surface area (Å²) in [6.45, 7) is 4.06. The molecule has 4 nitrogen and oxygen atoms in total. The molecular weight excluding hydrogens is 276 g/mol. The molecule has 2 aromatic carbocycles. The van der Waals surface area contributed by atoms with Gasteiger partial charge in [0.05, 0.1) is 4.92 Å². The van der Waals surface area contributed by atoms with Crippen molar-refractivity contribution in [2.45, 2.75) is 19.3 Å². The Bertz CT molecular complexity index is 726. The fourth-order valence-electron chi connectivity index (χ4n) is 2.88. The molecule has 102 valence electrons. The number of benzene rings is 2. The number of hydrogen-bond acceptors (Lipinski definition) is 3. The van der Waals surface area contributed by atoms with Crippen LogP contribution in [-0.2, 0) is 5.41 Å². The fraction of sp³-hybridized carbons (Fsp3) is 0.200. The van der Waals surface area contributed by atoms with Crippen LogP contribution < -0.4 is 5.32 Å². The summed E-state index contributed by atoms with van der Waals surface area (Å²) in [7, 11) is 0. The molecule has 0 saturated heterocycles. The van der Waals surface area contributed by atoms with Crippen LogP contribution in [-0.4, -0.2) is 4.92 Å². The molecule has 1 aliphatic rings. The van der Waals surface area contributed by atoms with Gasteiger partial charge in [0.2, 0.25) is 0 Å². The molecule has 1 heterocycles. The van der Waals surface area contributed by atoms with Crippen molar-refractivity contribution < 1.29 is 4.92 Å². The van der Waals surface area contributed by atoms with Crippen LogP contribution in [0.3, 0.4) is 0 Å². The van der Waals surface area contributed by atoms with Gasteiger partial charge < -0.3 is 5.32 Å². The third kappa shape index (κ3) is 1.68. The average molecular weight is 289 g/mol. The Morgan fingerprint density at radius 2 is 1.90 bits per heavy atom. The Hall–Kier alpha value is -2.07. The minimum Gasteiger partial charge on any atom is -0.349 e. The van der Waals surface area contributed by atoms with Gasteiger partial charge in [-0.1, -0.05) is 43.6 Å². The Labute approximate surface area is 121 Å². The molecular formula is C15H13ClN2O2. The van der Waals surface area contributed by atoms with Crippen LogP contribution >= 0.6 is 11.6 Å². The Morgan fingerprint density at radius 1 is 1.20 bits per heavy atom. The molecule has 0 aromatic heterocycles. The van der Waals surface area contributed by atoms with Crippen molar-refractivity contribution in [3.8, 4) is 0 Å². The van der Waals surface area contributed by atoms with E-state index in [4.69, 9.17) is 11.6 Å². The number of fused-ring (bicyclic) bond motifs is 2. The maximum Gasteiger partial charge on any atom is 0.292 e. The number of nitrogens with one attached hydrogen (secondary N) is 1. The van der Waals surface area contributed by atoms with E-state index in [1.54, 1.807) is 6.07 Å². The van der Waals surface area contributed by atoms with E-state index in [-0.39, 0.29) is 16.0 Å². The summed E-state index contributed by atoms with van der Waals surface area (Å²) < 4.78 is 0. The van der Waals surface area contributed by atoms with E-state index in [2.05, 4.69) is 5.32 Å². The van der Waals surface area contributed by atoms with Crippen LogP contribution in [0.25, 0.3) is 0 Å². The molecule has 1 aliphatic heterocycles. The first-order valence-corrected chi connectivity index (χ1v) is 6.64. The summed E-state index contributed by atoms with van der Waals surface area (Å²) >= 11 is 6.32. The first-order chi connectivity index (χ1) is 9.43. The van der Waals surface area contributed by atoms with Crippen LogP contribution in [0, 0.1) is 10.1 Å². The van der Waals surface area contributed by atoms with E-state index in [1.165, 1.54) is 6.07 Å². The summed E-state index contributed by atoms with van der Waals surface area (Å²) in [5.74, 6) is 0. The molecule has 0 unspecified atom stereocenters. The molecule has 0 atom stereocenters. The van der Waals surface area contributed by atoms with Crippen LogP contribution in [0.4, 0.5) is 17.1 Å². The third-order valence-electron chi connectivity index (χ3n) is 3.81. The normalized spacial score (nSPS) is 14.9. The van der Waals surface area contributed by atoms with Crippen molar-refractivity contribution in [1.82, 2.24) is 0 Å².